The van der Waals surface area contributed by atoms with E-state index in [1.165, 1.54) is 0 Å². The van der Waals surface area contributed by atoms with Crippen molar-refractivity contribution in [2.75, 3.05) is 0 Å². The molecule has 4 heteroatoms. The summed E-state index contributed by atoms with van der Waals surface area (Å²) in [4.78, 5) is 0. The van der Waals surface area contributed by atoms with E-state index >= 15 is 0 Å². The molecule has 52 heavy (non-hydrogen) atoms. The Morgan fingerprint density at radius 2 is 0.615 bits per heavy atom. The Labute approximate surface area is 306 Å². The van der Waals surface area contributed by atoms with E-state index in [1.807, 2.05) is 97.1 Å². The van der Waals surface area contributed by atoms with E-state index in [4.69, 9.17) is 0 Å². The van der Waals surface area contributed by atoms with Crippen molar-refractivity contribution in [3.63, 3.8) is 0 Å². The van der Waals surface area contributed by atoms with Gasteiger partial charge in [-0.05, 0) is 77.7 Å². The summed E-state index contributed by atoms with van der Waals surface area (Å²) in [5, 5.41) is 47.5. The van der Waals surface area contributed by atoms with Crippen molar-refractivity contribution < 1.29 is 0 Å². The van der Waals surface area contributed by atoms with Gasteiger partial charge in [0.2, 0.25) is 0 Å². The number of nitriles is 4. The maximum atomic E-state index is 11.9. The maximum absolute atomic E-state index is 11.9. The van der Waals surface area contributed by atoms with Crippen LogP contribution in [0.2, 0.25) is 0 Å². The van der Waals surface area contributed by atoms with Crippen molar-refractivity contribution in [1.29, 1.82) is 21.0 Å². The van der Waals surface area contributed by atoms with Gasteiger partial charge >= 0.3 is 0 Å². The Hall–Kier alpha value is -6.20. The standard InChI is InChI=1S/C48H38N4/c1-43(2,3)41-39-35(31-19-11-7-12-20-31)38(34-25-17-10-18-26-34)48(39)42(44(4,5)6)40-36(32-21-13-8-14-22-32)37(33-23-15-9-16-24-33)47(40,41)45(27-49,28-50)46(48,29-51)30-52/h7-26H,1-6H3. The van der Waals surface area contributed by atoms with Crippen LogP contribution in [0.25, 0.3) is 22.3 Å². The monoisotopic (exact) mass is 670 g/mol. The zero-order valence-electron chi connectivity index (χ0n) is 30.3. The molecule has 0 radical (unpaired) electrons. The van der Waals surface area contributed by atoms with Gasteiger partial charge in [-0.25, -0.2) is 0 Å². The number of hydrogen-bond acceptors (Lipinski definition) is 4. The lowest BCUT2D eigenvalue weighted by molar-refractivity contribution is 0.0393. The molecule has 0 N–H and O–H groups in total. The molecule has 9 rings (SSSR count). The summed E-state index contributed by atoms with van der Waals surface area (Å²) in [5.41, 5.74) is 2.59. The molecular formula is C48H38N4. The fraction of sp³-hybridized carbons (Fsp3) is 0.250. The molecule has 4 nitrogen and oxygen atoms in total. The van der Waals surface area contributed by atoms with Crippen molar-refractivity contribution >= 4 is 22.3 Å². The molecule has 4 aromatic carbocycles. The first-order valence-electron chi connectivity index (χ1n) is 17.8. The van der Waals surface area contributed by atoms with Crippen LogP contribution in [-0.4, -0.2) is 0 Å². The van der Waals surface area contributed by atoms with Crippen molar-refractivity contribution in [2.45, 2.75) is 41.5 Å². The van der Waals surface area contributed by atoms with Crippen LogP contribution < -0.4 is 0 Å². The molecule has 0 aliphatic heterocycles. The van der Waals surface area contributed by atoms with Gasteiger partial charge in [-0.1, -0.05) is 163 Å². The normalized spacial score (nSPS) is 23.7. The first-order chi connectivity index (χ1) is 24.9. The molecule has 4 aromatic rings. The van der Waals surface area contributed by atoms with Gasteiger partial charge in [0.25, 0.3) is 0 Å². The first-order valence-corrected chi connectivity index (χ1v) is 17.8. The van der Waals surface area contributed by atoms with E-state index in [-0.39, 0.29) is 0 Å². The molecule has 0 fully saturated rings. The summed E-state index contributed by atoms with van der Waals surface area (Å²) in [7, 11) is 0. The second-order valence-corrected chi connectivity index (χ2v) is 16.4. The van der Waals surface area contributed by atoms with Gasteiger partial charge < -0.3 is 0 Å². The second-order valence-electron chi connectivity index (χ2n) is 16.4. The third-order valence-electron chi connectivity index (χ3n) is 11.9. The molecule has 0 aromatic heterocycles. The average molecular weight is 671 g/mol. The predicted octanol–water partition coefficient (Wildman–Crippen LogP) is 11.0. The second kappa shape index (κ2) is 10.7. The molecule has 2 bridgehead atoms. The lowest BCUT2D eigenvalue weighted by Gasteiger charge is -2.77. The highest BCUT2D eigenvalue weighted by Crippen LogP contribution is 2.93. The number of hydrogen-bond donors (Lipinski definition) is 0. The highest BCUT2D eigenvalue weighted by Gasteiger charge is 2.90. The molecule has 0 saturated heterocycles. The minimum Gasteiger partial charge on any atom is -0.196 e. The zero-order valence-corrected chi connectivity index (χ0v) is 30.3. The van der Waals surface area contributed by atoms with Gasteiger partial charge in [-0.2, -0.15) is 21.0 Å². The average Bonchev–Trinajstić information content (AvgIpc) is 3.13. The van der Waals surface area contributed by atoms with Crippen molar-refractivity contribution in [3.8, 4) is 24.3 Å². The molecule has 2 spiro atoms. The molecule has 2 atom stereocenters. The molecule has 2 unspecified atom stereocenters. The van der Waals surface area contributed by atoms with E-state index in [9.17, 15) is 21.0 Å². The topological polar surface area (TPSA) is 95.2 Å². The molecule has 5 aliphatic carbocycles. The van der Waals surface area contributed by atoms with Gasteiger partial charge in [0.1, 0.15) is 0 Å². The van der Waals surface area contributed by atoms with E-state index in [1.54, 1.807) is 0 Å². The SMILES string of the molecule is CC(C)(C)C1=C2C(c3ccccc3)=C(c3ccccc3)C23C(C(C)(C)C)=C2C(c4ccccc4)=C(c4ccccc4)C21C(C#N)(C#N)C3(C#N)C#N. The fourth-order valence-electron chi connectivity index (χ4n) is 10.6. The van der Waals surface area contributed by atoms with Crippen molar-refractivity contribution in [3.05, 3.63) is 166 Å². The fourth-order valence-corrected chi connectivity index (χ4v) is 10.6. The summed E-state index contributed by atoms with van der Waals surface area (Å²) >= 11 is 0. The Bertz CT molecular complexity index is 2290. The van der Waals surface area contributed by atoms with Crippen LogP contribution in [0.1, 0.15) is 63.8 Å². The molecule has 0 heterocycles. The molecular weight excluding hydrogens is 633 g/mol. The van der Waals surface area contributed by atoms with Crippen molar-refractivity contribution in [1.82, 2.24) is 0 Å². The molecule has 0 amide bonds. The van der Waals surface area contributed by atoms with E-state index in [0.29, 0.717) is 0 Å². The van der Waals surface area contributed by atoms with E-state index in [0.717, 1.165) is 66.8 Å². The third-order valence-corrected chi connectivity index (χ3v) is 11.9. The Balaban J connectivity index is 1.77. The van der Waals surface area contributed by atoms with Crippen LogP contribution in [0, 0.1) is 77.8 Å². The minimum atomic E-state index is -2.13. The van der Waals surface area contributed by atoms with Crippen LogP contribution in [0.3, 0.4) is 0 Å². The molecule has 5 aliphatic rings. The minimum absolute atomic E-state index is 0.615. The predicted molar refractivity (Wildman–Crippen MR) is 205 cm³/mol. The highest BCUT2D eigenvalue weighted by atomic mass is 14.9. The number of nitrogens with zero attached hydrogens (tertiary/aromatic N) is 4. The van der Waals surface area contributed by atoms with Crippen LogP contribution >= 0.6 is 0 Å². The Kier molecular flexibility index (Phi) is 6.76. The Morgan fingerprint density at radius 1 is 0.365 bits per heavy atom. The zero-order chi connectivity index (χ0) is 36.9. The lowest BCUT2D eigenvalue weighted by atomic mass is 9.20. The lowest BCUT2D eigenvalue weighted by Crippen LogP contribution is -2.75. The van der Waals surface area contributed by atoms with Gasteiger partial charge in [-0.3, -0.25) is 0 Å². The summed E-state index contributed by atoms with van der Waals surface area (Å²) in [6.07, 6.45) is 0. The Morgan fingerprint density at radius 3 is 0.846 bits per heavy atom. The maximum Gasteiger partial charge on any atom is 0.194 e. The van der Waals surface area contributed by atoms with Gasteiger partial charge in [0.15, 0.2) is 10.8 Å². The summed E-state index contributed by atoms with van der Waals surface area (Å²) in [6.45, 7) is 12.9. The molecule has 0 saturated carbocycles. The first kappa shape index (κ1) is 33.0. The van der Waals surface area contributed by atoms with Crippen LogP contribution in [-0.2, 0) is 0 Å². The van der Waals surface area contributed by atoms with E-state index in [2.05, 4.69) is 90.1 Å². The number of rotatable bonds is 4. The van der Waals surface area contributed by atoms with Crippen LogP contribution in [0.5, 0.6) is 0 Å². The summed E-state index contributed by atoms with van der Waals surface area (Å²) < 4.78 is 0. The molecule has 250 valence electrons. The summed E-state index contributed by atoms with van der Waals surface area (Å²) in [5.74, 6) is 0. The highest BCUT2D eigenvalue weighted by molar-refractivity contribution is 6.23. The van der Waals surface area contributed by atoms with Gasteiger partial charge in [0, 0.05) is 0 Å². The smallest absolute Gasteiger partial charge is 0.194 e. The summed E-state index contributed by atoms with van der Waals surface area (Å²) in [6, 6.07) is 50.5. The van der Waals surface area contributed by atoms with Gasteiger partial charge in [0.05, 0.1) is 35.1 Å². The number of fused-ring (bicyclic) bond motifs is 1. The number of allylic oxidation sites excluding steroid dienone is 8. The largest absolute Gasteiger partial charge is 0.196 e. The van der Waals surface area contributed by atoms with E-state index < -0.39 is 32.5 Å². The van der Waals surface area contributed by atoms with Gasteiger partial charge in [-0.15, -0.1) is 0 Å². The number of benzene rings is 4. The van der Waals surface area contributed by atoms with Crippen LogP contribution in [0.15, 0.2) is 144 Å². The quantitative estimate of drug-likeness (QED) is 0.216. The third kappa shape index (κ3) is 3.44. The van der Waals surface area contributed by atoms with Crippen molar-refractivity contribution in [2.24, 2.45) is 32.5 Å². The van der Waals surface area contributed by atoms with Crippen LogP contribution in [0.4, 0.5) is 0 Å².